The van der Waals surface area contributed by atoms with Gasteiger partial charge in [-0.3, -0.25) is 0 Å². The molecule has 0 saturated heterocycles. The minimum absolute atomic E-state index is 0.620. The van der Waals surface area contributed by atoms with E-state index in [1.165, 1.54) is 0 Å². The van der Waals surface area contributed by atoms with Gasteiger partial charge in [-0.2, -0.15) is 0 Å². The lowest BCUT2D eigenvalue weighted by Crippen LogP contribution is -2.02. The van der Waals surface area contributed by atoms with E-state index in [1.807, 2.05) is 61.1 Å². The molecular formula is C24H24N4O2. The molecule has 0 amide bonds. The molecule has 6 nitrogen and oxygen atoms in total. The van der Waals surface area contributed by atoms with Gasteiger partial charge in [-0.25, -0.2) is 15.0 Å². The molecule has 0 aliphatic rings. The summed E-state index contributed by atoms with van der Waals surface area (Å²) < 4.78 is 13.4. The molecule has 152 valence electrons. The maximum absolute atomic E-state index is 5.75. The molecule has 0 saturated carbocycles. The molecule has 0 spiro atoms. The fourth-order valence-electron chi connectivity index (χ4n) is 3.67. The summed E-state index contributed by atoms with van der Waals surface area (Å²) in [4.78, 5) is 13.6. The molecule has 0 bridgehead atoms. The van der Waals surface area contributed by atoms with Crippen molar-refractivity contribution in [2.45, 2.75) is 13.3 Å². The van der Waals surface area contributed by atoms with E-state index in [1.54, 1.807) is 32.7 Å². The van der Waals surface area contributed by atoms with E-state index < -0.39 is 0 Å². The van der Waals surface area contributed by atoms with Gasteiger partial charge in [0.2, 0.25) is 0 Å². The molecule has 0 aliphatic carbocycles. The van der Waals surface area contributed by atoms with Gasteiger partial charge >= 0.3 is 0 Å². The standard InChI is InChI=1S/C24H24N4O2/c1-16-8-5-10-18(22(16)29-3)20-15-28(2)21(27-20)14-17-9-6-11-19(23(17)30-4)24-25-12-7-13-26-24/h5-13,15H,14H2,1-4H3. The van der Waals surface area contributed by atoms with Crippen LogP contribution in [0.1, 0.15) is 17.0 Å². The summed E-state index contributed by atoms with van der Waals surface area (Å²) in [7, 11) is 5.37. The van der Waals surface area contributed by atoms with Crippen LogP contribution in [0.5, 0.6) is 11.5 Å². The monoisotopic (exact) mass is 400 g/mol. The van der Waals surface area contributed by atoms with Crippen molar-refractivity contribution >= 4 is 0 Å². The summed E-state index contributed by atoms with van der Waals surface area (Å²) in [6, 6.07) is 13.9. The number of aromatic nitrogens is 4. The summed E-state index contributed by atoms with van der Waals surface area (Å²) in [6.07, 6.45) is 6.11. The molecule has 4 rings (SSSR count). The molecule has 2 heterocycles. The van der Waals surface area contributed by atoms with Crippen LogP contribution in [0, 0.1) is 6.92 Å². The highest BCUT2D eigenvalue weighted by atomic mass is 16.5. The Kier molecular flexibility index (Phi) is 5.48. The Labute approximate surface area is 176 Å². The average Bonchev–Trinajstić information content (AvgIpc) is 3.14. The maximum atomic E-state index is 5.75. The number of benzene rings is 2. The highest BCUT2D eigenvalue weighted by Gasteiger charge is 2.17. The molecule has 30 heavy (non-hydrogen) atoms. The first-order valence-corrected chi connectivity index (χ1v) is 9.72. The zero-order valence-corrected chi connectivity index (χ0v) is 17.6. The Bertz CT molecular complexity index is 1170. The van der Waals surface area contributed by atoms with Crippen LogP contribution in [0.3, 0.4) is 0 Å². The maximum Gasteiger partial charge on any atom is 0.162 e. The highest BCUT2D eigenvalue weighted by molar-refractivity contribution is 5.69. The number of para-hydroxylation sites is 2. The molecule has 0 fully saturated rings. The van der Waals surface area contributed by atoms with E-state index in [2.05, 4.69) is 9.97 Å². The van der Waals surface area contributed by atoms with Gasteiger partial charge in [0, 0.05) is 43.2 Å². The average molecular weight is 400 g/mol. The lowest BCUT2D eigenvalue weighted by atomic mass is 10.0. The lowest BCUT2D eigenvalue weighted by Gasteiger charge is -2.12. The molecular weight excluding hydrogens is 376 g/mol. The van der Waals surface area contributed by atoms with Crippen molar-refractivity contribution in [3.8, 4) is 34.1 Å². The Balaban J connectivity index is 1.72. The van der Waals surface area contributed by atoms with Crippen molar-refractivity contribution in [1.29, 1.82) is 0 Å². The molecule has 0 radical (unpaired) electrons. The summed E-state index contributed by atoms with van der Waals surface area (Å²) in [5, 5.41) is 0. The Morgan fingerprint density at radius 3 is 2.30 bits per heavy atom. The lowest BCUT2D eigenvalue weighted by molar-refractivity contribution is 0.411. The minimum atomic E-state index is 0.620. The third-order valence-electron chi connectivity index (χ3n) is 5.12. The minimum Gasteiger partial charge on any atom is -0.496 e. The molecule has 0 aliphatic heterocycles. The van der Waals surface area contributed by atoms with Crippen LogP contribution in [0.4, 0.5) is 0 Å². The van der Waals surface area contributed by atoms with Crippen LogP contribution < -0.4 is 9.47 Å². The van der Waals surface area contributed by atoms with Gasteiger partial charge < -0.3 is 14.0 Å². The molecule has 0 atom stereocenters. The van der Waals surface area contributed by atoms with E-state index in [9.17, 15) is 0 Å². The van der Waals surface area contributed by atoms with E-state index in [0.29, 0.717) is 12.2 Å². The van der Waals surface area contributed by atoms with Crippen LogP contribution >= 0.6 is 0 Å². The topological polar surface area (TPSA) is 62.1 Å². The Morgan fingerprint density at radius 2 is 1.57 bits per heavy atom. The Morgan fingerprint density at radius 1 is 0.867 bits per heavy atom. The van der Waals surface area contributed by atoms with Crippen molar-refractivity contribution in [3.05, 3.63) is 78.0 Å². The number of aryl methyl sites for hydroxylation is 2. The predicted molar refractivity (Wildman–Crippen MR) is 117 cm³/mol. The van der Waals surface area contributed by atoms with Gasteiger partial charge in [0.15, 0.2) is 5.82 Å². The predicted octanol–water partition coefficient (Wildman–Crippen LogP) is 4.46. The third-order valence-corrected chi connectivity index (χ3v) is 5.12. The van der Waals surface area contributed by atoms with Crippen LogP contribution in [0.15, 0.2) is 61.1 Å². The van der Waals surface area contributed by atoms with E-state index in [-0.39, 0.29) is 0 Å². The van der Waals surface area contributed by atoms with Crippen LogP contribution in [0.25, 0.3) is 22.6 Å². The van der Waals surface area contributed by atoms with Crippen molar-refractivity contribution in [1.82, 2.24) is 19.5 Å². The first-order chi connectivity index (χ1) is 14.6. The largest absolute Gasteiger partial charge is 0.496 e. The van der Waals surface area contributed by atoms with Gasteiger partial charge in [0.05, 0.1) is 25.5 Å². The van der Waals surface area contributed by atoms with Crippen LogP contribution in [-0.2, 0) is 13.5 Å². The molecule has 2 aromatic carbocycles. The van der Waals surface area contributed by atoms with Gasteiger partial charge in [-0.15, -0.1) is 0 Å². The first-order valence-electron chi connectivity index (χ1n) is 9.72. The quantitative estimate of drug-likeness (QED) is 0.478. The molecule has 2 aromatic heterocycles. The van der Waals surface area contributed by atoms with Crippen molar-refractivity contribution < 1.29 is 9.47 Å². The normalized spacial score (nSPS) is 10.8. The molecule has 6 heteroatoms. The third kappa shape index (κ3) is 3.64. The van der Waals surface area contributed by atoms with Crippen molar-refractivity contribution in [3.63, 3.8) is 0 Å². The number of rotatable bonds is 6. The first kappa shape index (κ1) is 19.6. The van der Waals surface area contributed by atoms with Crippen molar-refractivity contribution in [2.24, 2.45) is 7.05 Å². The molecule has 4 aromatic rings. The smallest absolute Gasteiger partial charge is 0.162 e. The second-order valence-corrected chi connectivity index (χ2v) is 7.06. The van der Waals surface area contributed by atoms with Crippen LogP contribution in [-0.4, -0.2) is 33.7 Å². The Hall–Kier alpha value is -3.67. The van der Waals surface area contributed by atoms with Gasteiger partial charge in [0.1, 0.15) is 17.3 Å². The van der Waals surface area contributed by atoms with Gasteiger partial charge in [0.25, 0.3) is 0 Å². The number of ether oxygens (including phenoxy) is 2. The van der Waals surface area contributed by atoms with Gasteiger partial charge in [-0.1, -0.05) is 24.3 Å². The summed E-state index contributed by atoms with van der Waals surface area (Å²) in [5.74, 6) is 3.18. The summed E-state index contributed by atoms with van der Waals surface area (Å²) in [5.41, 5.74) is 4.84. The number of imidazole rings is 1. The summed E-state index contributed by atoms with van der Waals surface area (Å²) >= 11 is 0. The zero-order chi connectivity index (χ0) is 21.1. The fraction of sp³-hybridized carbons (Fsp3) is 0.208. The van der Waals surface area contributed by atoms with Crippen LogP contribution in [0.2, 0.25) is 0 Å². The molecule has 0 N–H and O–H groups in total. The second-order valence-electron chi connectivity index (χ2n) is 7.06. The number of methoxy groups -OCH3 is 2. The molecule has 0 unspecified atom stereocenters. The zero-order valence-electron chi connectivity index (χ0n) is 17.6. The number of hydrogen-bond acceptors (Lipinski definition) is 5. The second kappa shape index (κ2) is 8.37. The van der Waals surface area contributed by atoms with Crippen molar-refractivity contribution in [2.75, 3.05) is 14.2 Å². The van der Waals surface area contributed by atoms with E-state index >= 15 is 0 Å². The highest BCUT2D eigenvalue weighted by Crippen LogP contribution is 2.34. The fourth-order valence-corrected chi connectivity index (χ4v) is 3.67. The number of nitrogens with zero attached hydrogens (tertiary/aromatic N) is 4. The SMILES string of the molecule is COc1c(C)cccc1-c1cn(C)c(Cc2cccc(-c3ncccn3)c2OC)n1. The summed E-state index contributed by atoms with van der Waals surface area (Å²) in [6.45, 7) is 2.04. The number of hydrogen-bond donors (Lipinski definition) is 0. The van der Waals surface area contributed by atoms with E-state index in [0.717, 1.165) is 45.3 Å². The van der Waals surface area contributed by atoms with E-state index in [4.69, 9.17) is 14.5 Å². The van der Waals surface area contributed by atoms with Gasteiger partial charge in [-0.05, 0) is 30.7 Å².